The SMILES string of the molecule is CN1Oc2ccccc2C=C1N. The van der Waals surface area contributed by atoms with Crippen molar-refractivity contribution in [2.24, 2.45) is 5.73 Å². The molecule has 1 aromatic carbocycles. The molecule has 0 aliphatic carbocycles. The molecule has 0 spiro atoms. The molecular weight excluding hydrogens is 152 g/mol. The van der Waals surface area contributed by atoms with E-state index < -0.39 is 0 Å². The van der Waals surface area contributed by atoms with Crippen LogP contribution in [0.15, 0.2) is 30.1 Å². The number of fused-ring (bicyclic) bond motifs is 1. The number of nitrogens with two attached hydrogens (primary N) is 1. The largest absolute Gasteiger partial charge is 0.383 e. The van der Waals surface area contributed by atoms with Gasteiger partial charge >= 0.3 is 0 Å². The minimum Gasteiger partial charge on any atom is -0.383 e. The van der Waals surface area contributed by atoms with Crippen LogP contribution in [0.3, 0.4) is 0 Å². The van der Waals surface area contributed by atoms with Crippen molar-refractivity contribution < 1.29 is 4.84 Å². The number of nitrogens with zero attached hydrogens (tertiary/aromatic N) is 1. The molecule has 0 saturated carbocycles. The van der Waals surface area contributed by atoms with Gasteiger partial charge in [0.2, 0.25) is 0 Å². The van der Waals surface area contributed by atoms with Crippen molar-refractivity contribution in [1.29, 1.82) is 0 Å². The average molecular weight is 162 g/mol. The molecule has 3 heteroatoms. The molecule has 0 saturated heterocycles. The Morgan fingerprint density at radius 3 is 2.92 bits per heavy atom. The van der Waals surface area contributed by atoms with Crippen molar-refractivity contribution in [2.75, 3.05) is 7.05 Å². The second-order valence-corrected chi connectivity index (χ2v) is 2.70. The zero-order valence-electron chi connectivity index (χ0n) is 6.82. The second-order valence-electron chi connectivity index (χ2n) is 2.70. The van der Waals surface area contributed by atoms with Crippen molar-refractivity contribution in [3.8, 4) is 5.75 Å². The van der Waals surface area contributed by atoms with Gasteiger partial charge in [-0.3, -0.25) is 0 Å². The molecule has 0 aromatic heterocycles. The highest BCUT2D eigenvalue weighted by molar-refractivity contribution is 5.60. The van der Waals surface area contributed by atoms with Gasteiger partial charge in [0.05, 0.1) is 0 Å². The van der Waals surface area contributed by atoms with Crippen molar-refractivity contribution in [3.63, 3.8) is 0 Å². The second kappa shape index (κ2) is 2.44. The predicted octanol–water partition coefficient (Wildman–Crippen LogP) is 1.18. The Hall–Kier alpha value is -1.64. The van der Waals surface area contributed by atoms with Crippen molar-refractivity contribution in [3.05, 3.63) is 35.6 Å². The molecule has 1 aromatic rings. The summed E-state index contributed by atoms with van der Waals surface area (Å²) in [5.41, 5.74) is 6.68. The average Bonchev–Trinajstić information content (AvgIpc) is 2.07. The van der Waals surface area contributed by atoms with Gasteiger partial charge in [-0.1, -0.05) is 18.2 Å². The zero-order chi connectivity index (χ0) is 8.55. The van der Waals surface area contributed by atoms with Gasteiger partial charge in [0.1, 0.15) is 5.82 Å². The summed E-state index contributed by atoms with van der Waals surface area (Å²) in [7, 11) is 1.78. The Morgan fingerprint density at radius 2 is 2.08 bits per heavy atom. The van der Waals surface area contributed by atoms with Gasteiger partial charge in [0, 0.05) is 12.6 Å². The van der Waals surface area contributed by atoms with E-state index in [1.54, 1.807) is 12.1 Å². The van der Waals surface area contributed by atoms with Crippen LogP contribution in [-0.2, 0) is 0 Å². The fourth-order valence-electron chi connectivity index (χ4n) is 1.13. The molecule has 2 N–H and O–H groups in total. The highest BCUT2D eigenvalue weighted by atomic mass is 16.7. The summed E-state index contributed by atoms with van der Waals surface area (Å²) < 4.78 is 0. The third-order valence-corrected chi connectivity index (χ3v) is 1.82. The van der Waals surface area contributed by atoms with E-state index in [0.717, 1.165) is 11.3 Å². The number of rotatable bonds is 0. The first-order valence-corrected chi connectivity index (χ1v) is 3.75. The van der Waals surface area contributed by atoms with E-state index in [9.17, 15) is 0 Å². The standard InChI is InChI=1S/C9H10N2O/c1-11-9(10)6-7-4-2-3-5-8(7)12-11/h2-6H,10H2,1H3. The van der Waals surface area contributed by atoms with Gasteiger partial charge in [-0.25, -0.2) is 0 Å². The van der Waals surface area contributed by atoms with E-state index in [-0.39, 0.29) is 0 Å². The first-order valence-electron chi connectivity index (χ1n) is 3.75. The van der Waals surface area contributed by atoms with Crippen LogP contribution < -0.4 is 10.6 Å². The monoisotopic (exact) mass is 162 g/mol. The molecular formula is C9H10N2O. The van der Waals surface area contributed by atoms with E-state index in [1.165, 1.54) is 0 Å². The maximum Gasteiger partial charge on any atom is 0.162 e. The summed E-state index contributed by atoms with van der Waals surface area (Å²) in [4.78, 5) is 5.38. The first kappa shape index (κ1) is 7.03. The van der Waals surface area contributed by atoms with Gasteiger partial charge < -0.3 is 10.6 Å². The minimum absolute atomic E-state index is 0.619. The molecule has 0 atom stereocenters. The Balaban J connectivity index is 2.49. The Kier molecular flexibility index (Phi) is 1.43. The quantitative estimate of drug-likeness (QED) is 0.622. The van der Waals surface area contributed by atoms with Crippen molar-refractivity contribution in [1.82, 2.24) is 5.06 Å². The summed E-state index contributed by atoms with van der Waals surface area (Å²) in [5, 5.41) is 1.54. The summed E-state index contributed by atoms with van der Waals surface area (Å²) >= 11 is 0. The van der Waals surface area contributed by atoms with Crippen LogP contribution in [0.2, 0.25) is 0 Å². The Morgan fingerprint density at radius 1 is 1.33 bits per heavy atom. The summed E-state index contributed by atoms with van der Waals surface area (Å²) in [6.07, 6.45) is 1.89. The van der Waals surface area contributed by atoms with E-state index in [2.05, 4.69) is 0 Å². The van der Waals surface area contributed by atoms with Crippen LogP contribution in [0.5, 0.6) is 5.75 Å². The van der Waals surface area contributed by atoms with Gasteiger partial charge in [-0.05, 0) is 12.1 Å². The molecule has 2 rings (SSSR count). The zero-order valence-corrected chi connectivity index (χ0v) is 6.82. The third kappa shape index (κ3) is 0.993. The van der Waals surface area contributed by atoms with Crippen molar-refractivity contribution >= 4 is 6.08 Å². The highest BCUT2D eigenvalue weighted by Gasteiger charge is 2.12. The minimum atomic E-state index is 0.619. The fraction of sp³-hybridized carbons (Fsp3) is 0.111. The lowest BCUT2D eigenvalue weighted by Gasteiger charge is -2.24. The number of hydroxylamine groups is 2. The van der Waals surface area contributed by atoms with E-state index in [4.69, 9.17) is 10.6 Å². The van der Waals surface area contributed by atoms with E-state index >= 15 is 0 Å². The van der Waals surface area contributed by atoms with E-state index in [1.807, 2.05) is 30.3 Å². The van der Waals surface area contributed by atoms with Crippen LogP contribution in [0.1, 0.15) is 5.56 Å². The molecule has 1 heterocycles. The van der Waals surface area contributed by atoms with Gasteiger partial charge in [-0.15, -0.1) is 0 Å². The van der Waals surface area contributed by atoms with Crippen LogP contribution in [0.4, 0.5) is 0 Å². The van der Waals surface area contributed by atoms with Crippen LogP contribution in [0, 0.1) is 0 Å². The summed E-state index contributed by atoms with van der Waals surface area (Å²) in [5.74, 6) is 1.46. The van der Waals surface area contributed by atoms with Gasteiger partial charge in [-0.2, -0.15) is 5.06 Å². The summed E-state index contributed by atoms with van der Waals surface area (Å²) in [6.45, 7) is 0. The van der Waals surface area contributed by atoms with Crippen molar-refractivity contribution in [2.45, 2.75) is 0 Å². The normalized spacial score (nSPS) is 14.8. The lowest BCUT2D eigenvalue weighted by Crippen LogP contribution is -2.29. The molecule has 0 unspecified atom stereocenters. The lowest BCUT2D eigenvalue weighted by atomic mass is 10.2. The number of para-hydroxylation sites is 1. The maximum absolute atomic E-state index is 5.66. The smallest absolute Gasteiger partial charge is 0.162 e. The molecule has 1 aliphatic rings. The molecule has 12 heavy (non-hydrogen) atoms. The summed E-state index contributed by atoms with van der Waals surface area (Å²) in [6, 6.07) is 7.77. The topological polar surface area (TPSA) is 38.5 Å². The molecule has 0 amide bonds. The number of hydrogen-bond acceptors (Lipinski definition) is 3. The predicted molar refractivity (Wildman–Crippen MR) is 47.0 cm³/mol. The molecule has 3 nitrogen and oxygen atoms in total. The van der Waals surface area contributed by atoms with Gasteiger partial charge in [0.25, 0.3) is 0 Å². The van der Waals surface area contributed by atoms with Crippen LogP contribution in [-0.4, -0.2) is 12.1 Å². The number of hydrogen-bond donors (Lipinski definition) is 1. The molecule has 62 valence electrons. The maximum atomic E-state index is 5.66. The Bertz CT molecular complexity index is 333. The first-order chi connectivity index (χ1) is 5.77. The third-order valence-electron chi connectivity index (χ3n) is 1.82. The molecule has 1 aliphatic heterocycles. The van der Waals surface area contributed by atoms with E-state index in [0.29, 0.717) is 5.82 Å². The molecule has 0 fully saturated rings. The Labute approximate surface area is 71.0 Å². The lowest BCUT2D eigenvalue weighted by molar-refractivity contribution is 0.00171. The van der Waals surface area contributed by atoms with Gasteiger partial charge in [0.15, 0.2) is 5.75 Å². The van der Waals surface area contributed by atoms with Crippen LogP contribution in [0.25, 0.3) is 6.08 Å². The molecule has 0 radical (unpaired) electrons. The fourth-order valence-corrected chi connectivity index (χ4v) is 1.13. The van der Waals surface area contributed by atoms with Crippen LogP contribution >= 0.6 is 0 Å². The highest BCUT2D eigenvalue weighted by Crippen LogP contribution is 2.25. The number of benzene rings is 1. The molecule has 0 bridgehead atoms.